The lowest BCUT2D eigenvalue weighted by Crippen LogP contribution is -2.10. The second-order valence-electron chi connectivity index (χ2n) is 8.13. The van der Waals surface area contributed by atoms with Gasteiger partial charge in [-0.25, -0.2) is 4.98 Å². The summed E-state index contributed by atoms with van der Waals surface area (Å²) in [5.41, 5.74) is 2.82. The number of aryl methyl sites for hydroxylation is 2. The number of aromatic nitrogens is 2. The van der Waals surface area contributed by atoms with E-state index in [2.05, 4.69) is 4.98 Å². The lowest BCUT2D eigenvalue weighted by Gasteiger charge is -2.14. The molecule has 1 aliphatic carbocycles. The van der Waals surface area contributed by atoms with Gasteiger partial charge in [-0.3, -0.25) is 4.79 Å². The number of rotatable bonds is 6. The largest absolute Gasteiger partial charge is 0.490 e. The number of halogens is 1. The summed E-state index contributed by atoms with van der Waals surface area (Å²) in [6.07, 6.45) is 5.53. The molecule has 0 unspecified atom stereocenters. The molecule has 0 fully saturated rings. The molecule has 0 atom stereocenters. The van der Waals surface area contributed by atoms with Crippen LogP contribution >= 0.6 is 22.9 Å². The lowest BCUT2D eigenvalue weighted by molar-refractivity contribution is 0.269. The van der Waals surface area contributed by atoms with Crippen molar-refractivity contribution in [1.29, 1.82) is 0 Å². The first-order valence-electron chi connectivity index (χ1n) is 11.3. The van der Waals surface area contributed by atoms with E-state index < -0.39 is 0 Å². The van der Waals surface area contributed by atoms with Gasteiger partial charge in [-0.15, -0.1) is 11.3 Å². The van der Waals surface area contributed by atoms with Gasteiger partial charge in [0.2, 0.25) is 0 Å². The Morgan fingerprint density at radius 2 is 1.91 bits per heavy atom. The van der Waals surface area contributed by atoms with Crippen molar-refractivity contribution in [1.82, 2.24) is 9.97 Å². The Labute approximate surface area is 201 Å². The molecular weight excluding hydrogens is 456 g/mol. The molecule has 4 aromatic rings. The third-order valence-corrected chi connectivity index (χ3v) is 7.49. The summed E-state index contributed by atoms with van der Waals surface area (Å²) in [4.78, 5) is 23.0. The fourth-order valence-corrected chi connectivity index (χ4v) is 5.74. The number of ether oxygens (including phenoxy) is 2. The average molecular weight is 481 g/mol. The van der Waals surface area contributed by atoms with Crippen LogP contribution in [0.2, 0.25) is 5.02 Å². The van der Waals surface area contributed by atoms with Gasteiger partial charge in [0.15, 0.2) is 11.5 Å². The molecule has 5 rings (SSSR count). The van der Waals surface area contributed by atoms with Crippen molar-refractivity contribution in [2.24, 2.45) is 0 Å². The first kappa shape index (κ1) is 22.0. The van der Waals surface area contributed by atoms with Gasteiger partial charge in [0, 0.05) is 21.0 Å². The highest BCUT2D eigenvalue weighted by Gasteiger charge is 2.20. The van der Waals surface area contributed by atoms with Crippen LogP contribution in [-0.4, -0.2) is 16.6 Å². The predicted octanol–water partition coefficient (Wildman–Crippen LogP) is 6.55. The highest BCUT2D eigenvalue weighted by Crippen LogP contribution is 2.36. The van der Waals surface area contributed by atoms with Crippen LogP contribution in [0.25, 0.3) is 21.6 Å². The summed E-state index contributed by atoms with van der Waals surface area (Å²) >= 11 is 7.91. The monoisotopic (exact) mass is 480 g/mol. The zero-order chi connectivity index (χ0) is 22.8. The van der Waals surface area contributed by atoms with E-state index in [1.54, 1.807) is 11.3 Å². The normalized spacial score (nSPS) is 13.5. The zero-order valence-electron chi connectivity index (χ0n) is 18.4. The van der Waals surface area contributed by atoms with Gasteiger partial charge in [-0.1, -0.05) is 36.2 Å². The fraction of sp³-hybridized carbons (Fsp3) is 0.308. The molecule has 2 aromatic heterocycles. The van der Waals surface area contributed by atoms with Gasteiger partial charge < -0.3 is 14.5 Å². The van der Waals surface area contributed by atoms with E-state index in [4.69, 9.17) is 26.1 Å². The minimum absolute atomic E-state index is 0.0635. The number of H-pyrrole nitrogens is 1. The summed E-state index contributed by atoms with van der Waals surface area (Å²) in [7, 11) is 0. The van der Waals surface area contributed by atoms with Gasteiger partial charge in [0.25, 0.3) is 5.56 Å². The number of benzene rings is 2. The van der Waals surface area contributed by atoms with Crippen LogP contribution in [0.15, 0.2) is 47.3 Å². The minimum Gasteiger partial charge on any atom is -0.490 e. The Balaban J connectivity index is 1.48. The topological polar surface area (TPSA) is 64.2 Å². The van der Waals surface area contributed by atoms with Crippen LogP contribution in [0.3, 0.4) is 0 Å². The minimum atomic E-state index is -0.0635. The first-order chi connectivity index (χ1) is 16.1. The second-order valence-corrected chi connectivity index (χ2v) is 9.62. The lowest BCUT2D eigenvalue weighted by atomic mass is 10.1. The smallest absolute Gasteiger partial charge is 0.260 e. The summed E-state index contributed by atoms with van der Waals surface area (Å²) in [6, 6.07) is 13.2. The van der Waals surface area contributed by atoms with Gasteiger partial charge in [0.05, 0.1) is 12.0 Å². The summed E-state index contributed by atoms with van der Waals surface area (Å²) in [5.74, 6) is 1.76. The molecule has 0 spiro atoms. The van der Waals surface area contributed by atoms with Gasteiger partial charge in [-0.2, -0.15) is 0 Å². The van der Waals surface area contributed by atoms with E-state index in [1.807, 2.05) is 49.4 Å². The van der Waals surface area contributed by atoms with E-state index in [0.29, 0.717) is 35.6 Å². The first-order valence-corrected chi connectivity index (χ1v) is 12.5. The summed E-state index contributed by atoms with van der Waals surface area (Å²) in [5, 5.41) is 1.43. The Bertz CT molecular complexity index is 1360. The van der Waals surface area contributed by atoms with Crippen molar-refractivity contribution in [3.8, 4) is 22.9 Å². The van der Waals surface area contributed by atoms with E-state index in [1.165, 1.54) is 23.3 Å². The van der Waals surface area contributed by atoms with E-state index in [0.717, 1.165) is 40.6 Å². The average Bonchev–Trinajstić information content (AvgIpc) is 3.01. The van der Waals surface area contributed by atoms with Crippen LogP contribution in [0.5, 0.6) is 11.5 Å². The van der Waals surface area contributed by atoms with Crippen LogP contribution in [0, 0.1) is 0 Å². The number of hydrogen-bond donors (Lipinski definition) is 1. The Morgan fingerprint density at radius 3 is 2.76 bits per heavy atom. The molecule has 1 aliphatic rings. The second kappa shape index (κ2) is 9.57. The predicted molar refractivity (Wildman–Crippen MR) is 134 cm³/mol. The standard InChI is InChI=1S/C26H25ClN2O3S/c1-2-31-21-14-16(12-13-20(21)32-15-17-8-6-7-10-19(17)27)24-28-25(30)23-18-9-4-3-5-11-22(18)33-26(23)29-24/h6-8,10,12-14H,2-5,9,11,15H2,1H3,(H,28,29,30). The molecule has 0 aliphatic heterocycles. The van der Waals surface area contributed by atoms with Gasteiger partial charge in [-0.05, 0) is 62.4 Å². The molecular formula is C26H25ClN2O3S. The number of thiophene rings is 1. The van der Waals surface area contributed by atoms with E-state index in [9.17, 15) is 4.79 Å². The number of aromatic amines is 1. The Hall–Kier alpha value is -2.83. The fourth-order valence-electron chi connectivity index (χ4n) is 4.29. The SMILES string of the molecule is CCOc1cc(-c2nc3sc4c(c3c(=O)[nH]2)CCCCC4)ccc1OCc1ccccc1Cl. The van der Waals surface area contributed by atoms with E-state index in [-0.39, 0.29) is 5.56 Å². The molecule has 2 heterocycles. The number of nitrogens with one attached hydrogen (secondary N) is 1. The third-order valence-electron chi connectivity index (χ3n) is 5.93. The van der Waals surface area contributed by atoms with Crippen LogP contribution < -0.4 is 15.0 Å². The summed E-state index contributed by atoms with van der Waals surface area (Å²) in [6.45, 7) is 2.75. The molecule has 0 radical (unpaired) electrons. The maximum absolute atomic E-state index is 13.0. The third kappa shape index (κ3) is 4.50. The maximum Gasteiger partial charge on any atom is 0.260 e. The Kier molecular flexibility index (Phi) is 6.38. The van der Waals surface area contributed by atoms with Crippen molar-refractivity contribution in [2.45, 2.75) is 45.6 Å². The zero-order valence-corrected chi connectivity index (χ0v) is 20.0. The molecule has 0 saturated heterocycles. The van der Waals surface area contributed by atoms with Crippen molar-refractivity contribution in [3.63, 3.8) is 0 Å². The molecule has 0 bridgehead atoms. The van der Waals surface area contributed by atoms with Gasteiger partial charge in [0.1, 0.15) is 17.3 Å². The summed E-state index contributed by atoms with van der Waals surface area (Å²) < 4.78 is 11.8. The molecule has 170 valence electrons. The van der Waals surface area contributed by atoms with Crippen molar-refractivity contribution in [2.75, 3.05) is 6.61 Å². The number of nitrogens with zero attached hydrogens (tertiary/aromatic N) is 1. The molecule has 2 aromatic carbocycles. The van der Waals surface area contributed by atoms with Crippen molar-refractivity contribution < 1.29 is 9.47 Å². The van der Waals surface area contributed by atoms with Crippen LogP contribution in [0.1, 0.15) is 42.2 Å². The maximum atomic E-state index is 13.0. The van der Waals surface area contributed by atoms with Crippen LogP contribution in [0.4, 0.5) is 0 Å². The highest BCUT2D eigenvalue weighted by molar-refractivity contribution is 7.18. The number of hydrogen-bond acceptors (Lipinski definition) is 5. The molecule has 0 saturated carbocycles. The molecule has 0 amide bonds. The number of fused-ring (bicyclic) bond motifs is 3. The van der Waals surface area contributed by atoms with Crippen molar-refractivity contribution >= 4 is 33.2 Å². The molecule has 5 nitrogen and oxygen atoms in total. The molecule has 1 N–H and O–H groups in total. The highest BCUT2D eigenvalue weighted by atomic mass is 35.5. The Morgan fingerprint density at radius 1 is 1.06 bits per heavy atom. The quantitative estimate of drug-likeness (QED) is 0.318. The molecule has 33 heavy (non-hydrogen) atoms. The van der Waals surface area contributed by atoms with Crippen LogP contribution in [-0.2, 0) is 19.4 Å². The van der Waals surface area contributed by atoms with Crippen molar-refractivity contribution in [3.05, 3.63) is 73.8 Å². The van der Waals surface area contributed by atoms with Gasteiger partial charge >= 0.3 is 0 Å². The van der Waals surface area contributed by atoms with E-state index >= 15 is 0 Å². The molecule has 7 heteroatoms.